The maximum Gasteiger partial charge on any atom is 0.282 e. The minimum atomic E-state index is -0.0937. The van der Waals surface area contributed by atoms with Gasteiger partial charge in [-0.1, -0.05) is 11.8 Å². The number of hydrogen-bond donors (Lipinski definition) is 1. The van der Waals surface area contributed by atoms with Crippen molar-refractivity contribution in [2.24, 2.45) is 0 Å². The van der Waals surface area contributed by atoms with Crippen LogP contribution in [0.5, 0.6) is 0 Å². The Morgan fingerprint density at radius 2 is 2.53 bits per heavy atom. The fourth-order valence-electron chi connectivity index (χ4n) is 2.13. The second kappa shape index (κ2) is 5.73. The summed E-state index contributed by atoms with van der Waals surface area (Å²) in [7, 11) is 0. The van der Waals surface area contributed by atoms with E-state index in [1.807, 2.05) is 6.92 Å². The predicted molar refractivity (Wildman–Crippen MR) is 66.0 cm³/mol. The fraction of sp³-hybridized carbons (Fsp3) is 0.818. The minimum absolute atomic E-state index is 0.00456. The highest BCUT2D eigenvalue weighted by molar-refractivity contribution is 8.13. The van der Waals surface area contributed by atoms with Crippen LogP contribution in [-0.2, 0) is 9.53 Å². The number of nitrogens with one attached hydrogen (secondary N) is 1. The topological polar surface area (TPSA) is 58.6 Å². The van der Waals surface area contributed by atoms with Gasteiger partial charge in [0.25, 0.3) is 5.24 Å². The number of ether oxygens (including phenoxy) is 1. The van der Waals surface area contributed by atoms with Crippen LogP contribution in [0.15, 0.2) is 0 Å². The van der Waals surface area contributed by atoms with Gasteiger partial charge in [0.2, 0.25) is 5.91 Å². The van der Waals surface area contributed by atoms with E-state index in [1.54, 1.807) is 4.90 Å². The summed E-state index contributed by atoms with van der Waals surface area (Å²) in [6, 6.07) is 0.0235. The Labute approximate surface area is 105 Å². The third-order valence-corrected chi connectivity index (χ3v) is 3.98. The van der Waals surface area contributed by atoms with Crippen molar-refractivity contribution in [3.63, 3.8) is 0 Å². The molecular formula is C11H18N2O3S. The number of nitrogens with zero attached hydrogens (tertiary/aromatic N) is 1. The van der Waals surface area contributed by atoms with Gasteiger partial charge in [0.15, 0.2) is 0 Å². The van der Waals surface area contributed by atoms with E-state index in [2.05, 4.69) is 5.32 Å². The highest BCUT2D eigenvalue weighted by Crippen LogP contribution is 2.17. The summed E-state index contributed by atoms with van der Waals surface area (Å²) in [4.78, 5) is 24.7. The summed E-state index contributed by atoms with van der Waals surface area (Å²) < 4.78 is 5.51. The Hall–Kier alpha value is -0.750. The normalized spacial score (nSPS) is 26.3. The maximum absolute atomic E-state index is 11.7. The van der Waals surface area contributed by atoms with Gasteiger partial charge in [-0.25, -0.2) is 0 Å². The summed E-state index contributed by atoms with van der Waals surface area (Å²) in [6.07, 6.45) is 2.19. The van der Waals surface area contributed by atoms with Crippen molar-refractivity contribution in [3.05, 3.63) is 0 Å². The first-order chi connectivity index (χ1) is 8.16. The van der Waals surface area contributed by atoms with Crippen LogP contribution in [0.4, 0.5) is 4.79 Å². The average molecular weight is 258 g/mol. The van der Waals surface area contributed by atoms with Crippen LogP contribution in [0.25, 0.3) is 0 Å². The Kier molecular flexibility index (Phi) is 4.28. The molecular weight excluding hydrogens is 240 g/mol. The van der Waals surface area contributed by atoms with E-state index < -0.39 is 0 Å². The van der Waals surface area contributed by atoms with Crippen LogP contribution in [0.1, 0.15) is 19.8 Å². The molecule has 0 aliphatic carbocycles. The standard InChI is InChI=1S/C11H18N2O3S/c1-8(9-3-2-5-16-9)12-10(14)7-13-4-6-17-11(13)15/h8-9H,2-7H2,1H3,(H,12,14)/t8-,9-/m0/s1. The molecule has 2 aliphatic heterocycles. The molecule has 0 bridgehead atoms. The Bertz CT molecular complexity index is 305. The molecule has 2 saturated heterocycles. The summed E-state index contributed by atoms with van der Waals surface area (Å²) in [5.74, 6) is 0.691. The van der Waals surface area contributed by atoms with Crippen molar-refractivity contribution in [1.82, 2.24) is 10.2 Å². The summed E-state index contributed by atoms with van der Waals surface area (Å²) in [5.41, 5.74) is 0. The van der Waals surface area contributed by atoms with Crippen molar-refractivity contribution < 1.29 is 14.3 Å². The molecule has 0 aromatic rings. The lowest BCUT2D eigenvalue weighted by molar-refractivity contribution is -0.123. The number of amides is 2. The Balaban J connectivity index is 1.74. The number of carbonyl (C=O) groups is 2. The third-order valence-electron chi connectivity index (χ3n) is 3.09. The largest absolute Gasteiger partial charge is 0.376 e. The molecule has 2 amide bonds. The van der Waals surface area contributed by atoms with E-state index in [4.69, 9.17) is 4.74 Å². The predicted octanol–water partition coefficient (Wildman–Crippen LogP) is 0.839. The van der Waals surface area contributed by atoms with E-state index in [1.165, 1.54) is 11.8 Å². The van der Waals surface area contributed by atoms with Gasteiger partial charge in [-0.2, -0.15) is 0 Å². The summed E-state index contributed by atoms with van der Waals surface area (Å²) >= 11 is 1.27. The van der Waals surface area contributed by atoms with Crippen molar-refractivity contribution in [1.29, 1.82) is 0 Å². The second-order valence-electron chi connectivity index (χ2n) is 4.44. The van der Waals surface area contributed by atoms with Crippen LogP contribution >= 0.6 is 11.8 Å². The van der Waals surface area contributed by atoms with Gasteiger partial charge in [-0.05, 0) is 19.8 Å². The first-order valence-corrected chi connectivity index (χ1v) is 6.98. The number of thioether (sulfide) groups is 1. The molecule has 0 aromatic carbocycles. The minimum Gasteiger partial charge on any atom is -0.376 e. The van der Waals surface area contributed by atoms with E-state index in [-0.39, 0.29) is 29.8 Å². The number of carbonyl (C=O) groups excluding carboxylic acids is 2. The number of rotatable bonds is 4. The molecule has 2 heterocycles. The van der Waals surface area contributed by atoms with Crippen LogP contribution in [0, 0.1) is 0 Å². The lowest BCUT2D eigenvalue weighted by Gasteiger charge is -2.21. The van der Waals surface area contributed by atoms with Gasteiger partial charge in [0, 0.05) is 18.9 Å². The highest BCUT2D eigenvalue weighted by atomic mass is 32.2. The van der Waals surface area contributed by atoms with Crippen LogP contribution < -0.4 is 5.32 Å². The molecule has 6 heteroatoms. The average Bonchev–Trinajstić information content (AvgIpc) is 2.90. The van der Waals surface area contributed by atoms with Crippen molar-refractivity contribution in [2.45, 2.75) is 31.9 Å². The zero-order valence-electron chi connectivity index (χ0n) is 9.98. The van der Waals surface area contributed by atoms with Crippen molar-refractivity contribution in [2.75, 3.05) is 25.4 Å². The third kappa shape index (κ3) is 3.35. The first-order valence-electron chi connectivity index (χ1n) is 5.99. The lowest BCUT2D eigenvalue weighted by atomic mass is 10.1. The maximum atomic E-state index is 11.7. The molecule has 1 N–H and O–H groups in total. The molecule has 2 fully saturated rings. The molecule has 5 nitrogen and oxygen atoms in total. The van der Waals surface area contributed by atoms with E-state index in [0.717, 1.165) is 25.2 Å². The molecule has 0 radical (unpaired) electrons. The van der Waals surface area contributed by atoms with Gasteiger partial charge >= 0.3 is 0 Å². The molecule has 0 unspecified atom stereocenters. The van der Waals surface area contributed by atoms with Crippen molar-refractivity contribution >= 4 is 22.9 Å². The molecule has 17 heavy (non-hydrogen) atoms. The van der Waals surface area contributed by atoms with E-state index >= 15 is 0 Å². The molecule has 0 spiro atoms. The lowest BCUT2D eigenvalue weighted by Crippen LogP contribution is -2.45. The van der Waals surface area contributed by atoms with Crippen LogP contribution in [0.2, 0.25) is 0 Å². The van der Waals surface area contributed by atoms with Gasteiger partial charge in [-0.3, -0.25) is 9.59 Å². The molecule has 2 rings (SSSR count). The van der Waals surface area contributed by atoms with Crippen LogP contribution in [-0.4, -0.2) is 53.6 Å². The molecule has 0 saturated carbocycles. The molecule has 0 aromatic heterocycles. The summed E-state index contributed by atoms with van der Waals surface area (Å²) in [5, 5.41) is 2.91. The molecule has 2 aliphatic rings. The van der Waals surface area contributed by atoms with E-state index in [0.29, 0.717) is 6.54 Å². The van der Waals surface area contributed by atoms with Crippen LogP contribution in [0.3, 0.4) is 0 Å². The Morgan fingerprint density at radius 3 is 3.12 bits per heavy atom. The van der Waals surface area contributed by atoms with Crippen molar-refractivity contribution in [3.8, 4) is 0 Å². The van der Waals surface area contributed by atoms with Gasteiger partial charge < -0.3 is 15.0 Å². The Morgan fingerprint density at radius 1 is 1.71 bits per heavy atom. The smallest absolute Gasteiger partial charge is 0.282 e. The quantitative estimate of drug-likeness (QED) is 0.812. The molecule has 96 valence electrons. The number of hydrogen-bond acceptors (Lipinski definition) is 4. The first kappa shape index (κ1) is 12.7. The van der Waals surface area contributed by atoms with Gasteiger partial charge in [0.1, 0.15) is 6.54 Å². The van der Waals surface area contributed by atoms with E-state index in [9.17, 15) is 9.59 Å². The zero-order valence-corrected chi connectivity index (χ0v) is 10.8. The monoisotopic (exact) mass is 258 g/mol. The second-order valence-corrected chi connectivity index (χ2v) is 5.49. The fourth-order valence-corrected chi connectivity index (χ4v) is 2.96. The zero-order chi connectivity index (χ0) is 12.3. The summed E-state index contributed by atoms with van der Waals surface area (Å²) in [6.45, 7) is 3.58. The molecule has 2 atom stereocenters. The SMILES string of the molecule is C[C@H](NC(=O)CN1CCSC1=O)[C@@H]1CCCO1. The highest BCUT2D eigenvalue weighted by Gasteiger charge is 2.26. The van der Waals surface area contributed by atoms with Gasteiger partial charge in [0.05, 0.1) is 12.1 Å². The van der Waals surface area contributed by atoms with Gasteiger partial charge in [-0.15, -0.1) is 0 Å².